The third-order valence-electron chi connectivity index (χ3n) is 2.72. The molecular formula is C13H14ClN3O. The molecule has 18 heavy (non-hydrogen) atoms. The minimum absolute atomic E-state index is 0.0227. The van der Waals surface area contributed by atoms with Crippen LogP contribution in [-0.4, -0.2) is 21.7 Å². The molecule has 0 saturated carbocycles. The monoisotopic (exact) mass is 263 g/mol. The summed E-state index contributed by atoms with van der Waals surface area (Å²) < 4.78 is 0. The number of benzene rings is 1. The first kappa shape index (κ1) is 12.8. The van der Waals surface area contributed by atoms with Crippen molar-refractivity contribution in [2.24, 2.45) is 0 Å². The van der Waals surface area contributed by atoms with Crippen molar-refractivity contribution < 1.29 is 5.11 Å². The van der Waals surface area contributed by atoms with E-state index in [-0.39, 0.29) is 12.6 Å². The first-order valence-corrected chi connectivity index (χ1v) is 5.99. The van der Waals surface area contributed by atoms with E-state index in [2.05, 4.69) is 15.3 Å². The Hall–Kier alpha value is -1.65. The number of hydrogen-bond donors (Lipinski definition) is 2. The largest absolute Gasteiger partial charge is 0.394 e. The zero-order chi connectivity index (χ0) is 13.0. The number of nitrogens with zero attached hydrogens (tertiary/aromatic N) is 2. The van der Waals surface area contributed by atoms with E-state index in [0.29, 0.717) is 11.0 Å². The number of aliphatic hydroxyl groups is 1. The number of nitrogens with one attached hydrogen (secondary N) is 1. The molecule has 0 radical (unpaired) electrons. The number of hydrogen-bond acceptors (Lipinski definition) is 4. The average Bonchev–Trinajstić information content (AvgIpc) is 2.41. The molecule has 1 aromatic heterocycles. The van der Waals surface area contributed by atoms with Gasteiger partial charge in [-0.15, -0.1) is 0 Å². The van der Waals surface area contributed by atoms with Crippen LogP contribution in [0, 0.1) is 6.92 Å². The van der Waals surface area contributed by atoms with Crippen molar-refractivity contribution in [2.75, 3.05) is 11.9 Å². The third-order valence-corrected chi connectivity index (χ3v) is 3.10. The van der Waals surface area contributed by atoms with Gasteiger partial charge in [0.25, 0.3) is 0 Å². The van der Waals surface area contributed by atoms with Gasteiger partial charge in [0.15, 0.2) is 0 Å². The normalized spacial score (nSPS) is 12.2. The predicted molar refractivity (Wildman–Crippen MR) is 71.7 cm³/mol. The Kier molecular flexibility index (Phi) is 4.12. The van der Waals surface area contributed by atoms with Crippen LogP contribution in [0.3, 0.4) is 0 Å². The average molecular weight is 264 g/mol. The quantitative estimate of drug-likeness (QED) is 0.833. The molecule has 0 amide bonds. The first-order chi connectivity index (χ1) is 8.72. The molecule has 1 aromatic carbocycles. The zero-order valence-corrected chi connectivity index (χ0v) is 10.7. The second-order valence-corrected chi connectivity index (χ2v) is 4.29. The van der Waals surface area contributed by atoms with Crippen molar-refractivity contribution in [1.82, 2.24) is 9.97 Å². The van der Waals surface area contributed by atoms with E-state index in [1.54, 1.807) is 0 Å². The molecule has 0 saturated heterocycles. The van der Waals surface area contributed by atoms with Gasteiger partial charge in [-0.1, -0.05) is 41.9 Å². The maximum atomic E-state index is 9.46. The van der Waals surface area contributed by atoms with Gasteiger partial charge in [0.1, 0.15) is 17.3 Å². The molecule has 94 valence electrons. The SMILES string of the molecule is Cc1c(Cl)ncnc1NC(CO)c1ccccc1. The van der Waals surface area contributed by atoms with E-state index in [1.807, 2.05) is 37.3 Å². The Labute approximate surface area is 111 Å². The summed E-state index contributed by atoms with van der Waals surface area (Å²) in [6, 6.07) is 9.48. The fraction of sp³-hybridized carbons (Fsp3) is 0.231. The highest BCUT2D eigenvalue weighted by molar-refractivity contribution is 6.30. The number of anilines is 1. The van der Waals surface area contributed by atoms with Gasteiger partial charge in [-0.05, 0) is 12.5 Å². The molecule has 4 nitrogen and oxygen atoms in total. The second kappa shape index (κ2) is 5.80. The van der Waals surface area contributed by atoms with Gasteiger partial charge < -0.3 is 10.4 Å². The van der Waals surface area contributed by atoms with Crippen LogP contribution in [0.1, 0.15) is 17.2 Å². The fourth-order valence-corrected chi connectivity index (χ4v) is 1.79. The van der Waals surface area contributed by atoms with Crippen molar-refractivity contribution in [3.05, 3.63) is 52.9 Å². The number of rotatable bonds is 4. The van der Waals surface area contributed by atoms with Crippen molar-refractivity contribution in [3.8, 4) is 0 Å². The fourth-order valence-electron chi connectivity index (χ4n) is 1.66. The molecule has 0 aliphatic heterocycles. The predicted octanol–water partition coefficient (Wildman–Crippen LogP) is 2.58. The molecule has 0 spiro atoms. The smallest absolute Gasteiger partial charge is 0.137 e. The Balaban J connectivity index is 2.24. The maximum absolute atomic E-state index is 9.46. The van der Waals surface area contributed by atoms with Crippen molar-refractivity contribution in [3.63, 3.8) is 0 Å². The van der Waals surface area contributed by atoms with Crippen LogP contribution in [0.15, 0.2) is 36.7 Å². The van der Waals surface area contributed by atoms with E-state index in [1.165, 1.54) is 6.33 Å². The molecule has 0 aliphatic carbocycles. The lowest BCUT2D eigenvalue weighted by Gasteiger charge is -2.18. The van der Waals surface area contributed by atoms with Crippen molar-refractivity contribution in [1.29, 1.82) is 0 Å². The summed E-state index contributed by atoms with van der Waals surface area (Å²) in [6.07, 6.45) is 1.40. The van der Waals surface area contributed by atoms with Gasteiger partial charge in [-0.25, -0.2) is 9.97 Å². The van der Waals surface area contributed by atoms with Crippen LogP contribution in [0.5, 0.6) is 0 Å². The summed E-state index contributed by atoms with van der Waals surface area (Å²) >= 11 is 5.93. The minimum Gasteiger partial charge on any atom is -0.394 e. The van der Waals surface area contributed by atoms with E-state index >= 15 is 0 Å². The Morgan fingerprint density at radius 3 is 2.67 bits per heavy atom. The Bertz CT molecular complexity index is 519. The van der Waals surface area contributed by atoms with Gasteiger partial charge in [-0.3, -0.25) is 0 Å². The molecule has 0 bridgehead atoms. The molecule has 2 rings (SSSR count). The highest BCUT2D eigenvalue weighted by atomic mass is 35.5. The van der Waals surface area contributed by atoms with Crippen LogP contribution >= 0.6 is 11.6 Å². The van der Waals surface area contributed by atoms with Crippen LogP contribution in [0.4, 0.5) is 5.82 Å². The molecule has 1 heterocycles. The molecular weight excluding hydrogens is 250 g/mol. The summed E-state index contributed by atoms with van der Waals surface area (Å²) in [7, 11) is 0. The van der Waals surface area contributed by atoms with E-state index in [9.17, 15) is 5.11 Å². The van der Waals surface area contributed by atoms with Crippen molar-refractivity contribution >= 4 is 17.4 Å². The van der Waals surface area contributed by atoms with Crippen molar-refractivity contribution in [2.45, 2.75) is 13.0 Å². The van der Waals surface area contributed by atoms with E-state index in [4.69, 9.17) is 11.6 Å². The van der Waals surface area contributed by atoms with Gasteiger partial charge >= 0.3 is 0 Å². The van der Waals surface area contributed by atoms with Crippen LogP contribution in [0.2, 0.25) is 5.15 Å². The zero-order valence-electron chi connectivity index (χ0n) is 9.97. The Morgan fingerprint density at radius 1 is 1.28 bits per heavy atom. The molecule has 5 heteroatoms. The highest BCUT2D eigenvalue weighted by Crippen LogP contribution is 2.23. The van der Waals surface area contributed by atoms with E-state index in [0.717, 1.165) is 11.1 Å². The van der Waals surface area contributed by atoms with E-state index < -0.39 is 0 Å². The number of aromatic nitrogens is 2. The second-order valence-electron chi connectivity index (χ2n) is 3.93. The molecule has 0 aliphatic rings. The molecule has 0 fully saturated rings. The Morgan fingerprint density at radius 2 is 2.00 bits per heavy atom. The van der Waals surface area contributed by atoms with Gasteiger partial charge in [0.05, 0.1) is 12.6 Å². The molecule has 1 unspecified atom stereocenters. The molecule has 2 aromatic rings. The van der Waals surface area contributed by atoms with Crippen LogP contribution < -0.4 is 5.32 Å². The minimum atomic E-state index is -0.212. The summed E-state index contributed by atoms with van der Waals surface area (Å²) in [5, 5.41) is 13.0. The summed E-state index contributed by atoms with van der Waals surface area (Å²) in [4.78, 5) is 8.03. The van der Waals surface area contributed by atoms with Gasteiger partial charge in [0, 0.05) is 5.56 Å². The summed E-state index contributed by atoms with van der Waals surface area (Å²) in [6.45, 7) is 1.81. The van der Waals surface area contributed by atoms with Crippen LogP contribution in [0.25, 0.3) is 0 Å². The third kappa shape index (κ3) is 2.78. The topological polar surface area (TPSA) is 58.0 Å². The van der Waals surface area contributed by atoms with Gasteiger partial charge in [-0.2, -0.15) is 0 Å². The molecule has 1 atom stereocenters. The van der Waals surface area contributed by atoms with Gasteiger partial charge in [0.2, 0.25) is 0 Å². The number of halogens is 1. The molecule has 2 N–H and O–H groups in total. The lowest BCUT2D eigenvalue weighted by atomic mass is 10.1. The first-order valence-electron chi connectivity index (χ1n) is 5.62. The summed E-state index contributed by atoms with van der Waals surface area (Å²) in [5.41, 5.74) is 1.77. The maximum Gasteiger partial charge on any atom is 0.137 e. The summed E-state index contributed by atoms with van der Waals surface area (Å²) in [5.74, 6) is 0.637. The van der Waals surface area contributed by atoms with Crippen LogP contribution in [-0.2, 0) is 0 Å². The number of aliphatic hydroxyl groups excluding tert-OH is 1. The highest BCUT2D eigenvalue weighted by Gasteiger charge is 2.13. The standard InChI is InChI=1S/C13H14ClN3O/c1-9-12(14)15-8-16-13(9)17-11(7-18)10-5-3-2-4-6-10/h2-6,8,11,18H,7H2,1H3,(H,15,16,17). The lowest BCUT2D eigenvalue weighted by molar-refractivity contribution is 0.276. The lowest BCUT2D eigenvalue weighted by Crippen LogP contribution is -2.16.